The van der Waals surface area contributed by atoms with Crippen molar-refractivity contribution in [3.8, 4) is 22.6 Å². The predicted molar refractivity (Wildman–Crippen MR) is 118 cm³/mol. The molecule has 0 saturated carbocycles. The molecule has 0 bridgehead atoms. The maximum absolute atomic E-state index is 14.2. The van der Waals surface area contributed by atoms with E-state index in [9.17, 15) is 4.39 Å². The van der Waals surface area contributed by atoms with Crippen LogP contribution in [0.25, 0.3) is 11.1 Å². The van der Waals surface area contributed by atoms with Gasteiger partial charge in [-0.05, 0) is 42.7 Å². The fourth-order valence-electron chi connectivity index (χ4n) is 3.79. The quantitative estimate of drug-likeness (QED) is 0.604. The number of nitrogens with zero attached hydrogens (tertiary/aromatic N) is 2. The van der Waals surface area contributed by atoms with Gasteiger partial charge in [0.25, 0.3) is 0 Å². The van der Waals surface area contributed by atoms with Crippen molar-refractivity contribution >= 4 is 5.71 Å². The Kier molecular flexibility index (Phi) is 5.44. The van der Waals surface area contributed by atoms with Crippen molar-refractivity contribution in [2.45, 2.75) is 19.4 Å². The summed E-state index contributed by atoms with van der Waals surface area (Å²) in [7, 11) is 5.27. The average Bonchev–Trinajstić information content (AvgIpc) is 2.89. The lowest BCUT2D eigenvalue weighted by Gasteiger charge is -2.20. The number of fused-ring (bicyclic) bond motifs is 1. The highest BCUT2D eigenvalue weighted by atomic mass is 19.1. The summed E-state index contributed by atoms with van der Waals surface area (Å²) in [5.74, 6) is 1.15. The minimum atomic E-state index is -0.229. The first-order chi connectivity index (χ1) is 14.5. The van der Waals surface area contributed by atoms with Crippen molar-refractivity contribution in [1.29, 1.82) is 0 Å². The first-order valence-electron chi connectivity index (χ1n) is 9.94. The Labute approximate surface area is 176 Å². The zero-order valence-electron chi connectivity index (χ0n) is 17.6. The van der Waals surface area contributed by atoms with Crippen molar-refractivity contribution in [2.75, 3.05) is 21.3 Å². The standard InChI is InChI=1S/C25H25FN2O2/c1-16-13-19-14-23(29-3)24(30-4)15-21(19)25(27-28(16)2)18-11-9-17(10-12-18)20-7-5-6-8-22(20)26/h5-12,14-16H,13H2,1-4H3. The molecule has 5 heteroatoms. The Morgan fingerprint density at radius 2 is 1.53 bits per heavy atom. The summed E-state index contributed by atoms with van der Waals surface area (Å²) in [6, 6.07) is 18.9. The molecule has 1 atom stereocenters. The molecule has 0 aromatic heterocycles. The van der Waals surface area contributed by atoms with Crippen LogP contribution >= 0.6 is 0 Å². The molecule has 1 aliphatic rings. The maximum atomic E-state index is 14.2. The number of hydrazone groups is 1. The Morgan fingerprint density at radius 1 is 0.900 bits per heavy atom. The highest BCUT2D eigenvalue weighted by molar-refractivity contribution is 6.14. The van der Waals surface area contributed by atoms with E-state index >= 15 is 0 Å². The molecule has 0 amide bonds. The molecule has 0 aliphatic carbocycles. The van der Waals surface area contributed by atoms with Gasteiger partial charge in [-0.25, -0.2) is 4.39 Å². The Bertz CT molecular complexity index is 1090. The molecular formula is C25H25FN2O2. The van der Waals surface area contributed by atoms with Crippen molar-refractivity contribution in [2.24, 2.45) is 5.10 Å². The second-order valence-electron chi connectivity index (χ2n) is 7.50. The smallest absolute Gasteiger partial charge is 0.161 e. The molecular weight excluding hydrogens is 379 g/mol. The predicted octanol–water partition coefficient (Wildman–Crippen LogP) is 5.14. The van der Waals surface area contributed by atoms with Crippen LogP contribution in [0.2, 0.25) is 0 Å². The Balaban J connectivity index is 1.82. The minimum absolute atomic E-state index is 0.229. The van der Waals surface area contributed by atoms with Crippen LogP contribution in [-0.2, 0) is 6.42 Å². The number of rotatable bonds is 4. The number of methoxy groups -OCH3 is 2. The molecule has 154 valence electrons. The summed E-state index contributed by atoms with van der Waals surface area (Å²) < 4.78 is 25.2. The van der Waals surface area contributed by atoms with Crippen LogP contribution in [0.5, 0.6) is 11.5 Å². The van der Waals surface area contributed by atoms with Gasteiger partial charge in [-0.15, -0.1) is 0 Å². The molecule has 0 radical (unpaired) electrons. The number of benzene rings is 3. The van der Waals surface area contributed by atoms with Crippen LogP contribution < -0.4 is 9.47 Å². The monoisotopic (exact) mass is 404 g/mol. The first kappa shape index (κ1) is 20.0. The van der Waals surface area contributed by atoms with E-state index in [0.717, 1.165) is 34.4 Å². The van der Waals surface area contributed by atoms with E-state index in [1.165, 1.54) is 6.07 Å². The van der Waals surface area contributed by atoms with Gasteiger partial charge in [-0.3, -0.25) is 5.01 Å². The third-order valence-electron chi connectivity index (χ3n) is 5.62. The fourth-order valence-corrected chi connectivity index (χ4v) is 3.79. The third-order valence-corrected chi connectivity index (χ3v) is 5.62. The van der Waals surface area contributed by atoms with Gasteiger partial charge >= 0.3 is 0 Å². The molecule has 3 aromatic carbocycles. The summed E-state index contributed by atoms with van der Waals surface area (Å²) in [6.07, 6.45) is 0.840. The van der Waals surface area contributed by atoms with E-state index in [1.54, 1.807) is 26.4 Å². The molecule has 4 rings (SSSR count). The number of ether oxygens (including phenoxy) is 2. The second kappa shape index (κ2) is 8.19. The molecule has 0 N–H and O–H groups in total. The fraction of sp³-hybridized carbons (Fsp3) is 0.240. The van der Waals surface area contributed by atoms with Gasteiger partial charge in [-0.2, -0.15) is 5.10 Å². The molecule has 0 saturated heterocycles. The highest BCUT2D eigenvalue weighted by Crippen LogP contribution is 2.34. The highest BCUT2D eigenvalue weighted by Gasteiger charge is 2.23. The van der Waals surface area contributed by atoms with Gasteiger partial charge in [0.2, 0.25) is 0 Å². The van der Waals surface area contributed by atoms with Gasteiger partial charge in [0, 0.05) is 29.8 Å². The van der Waals surface area contributed by atoms with Crippen molar-refractivity contribution in [1.82, 2.24) is 5.01 Å². The second-order valence-corrected chi connectivity index (χ2v) is 7.50. The molecule has 1 unspecified atom stereocenters. The first-order valence-corrected chi connectivity index (χ1v) is 9.94. The minimum Gasteiger partial charge on any atom is -0.493 e. The van der Waals surface area contributed by atoms with Crippen LogP contribution in [0.1, 0.15) is 23.6 Å². The molecule has 0 fully saturated rings. The maximum Gasteiger partial charge on any atom is 0.161 e. The van der Waals surface area contributed by atoms with Crippen LogP contribution in [-0.4, -0.2) is 38.0 Å². The molecule has 1 aliphatic heterocycles. The van der Waals surface area contributed by atoms with Gasteiger partial charge in [0.15, 0.2) is 11.5 Å². The zero-order valence-corrected chi connectivity index (χ0v) is 17.6. The lowest BCUT2D eigenvalue weighted by molar-refractivity contribution is 0.272. The summed E-state index contributed by atoms with van der Waals surface area (Å²) >= 11 is 0. The summed E-state index contributed by atoms with van der Waals surface area (Å²) in [5, 5.41) is 6.88. The van der Waals surface area contributed by atoms with Crippen LogP contribution in [0.4, 0.5) is 4.39 Å². The Hall–Kier alpha value is -3.34. The van der Waals surface area contributed by atoms with Crippen molar-refractivity contribution < 1.29 is 13.9 Å². The molecule has 4 nitrogen and oxygen atoms in total. The van der Waals surface area contributed by atoms with E-state index in [-0.39, 0.29) is 11.9 Å². The van der Waals surface area contributed by atoms with E-state index in [4.69, 9.17) is 14.6 Å². The number of hydrogen-bond acceptors (Lipinski definition) is 4. The topological polar surface area (TPSA) is 34.1 Å². The van der Waals surface area contributed by atoms with E-state index in [1.807, 2.05) is 54.5 Å². The van der Waals surface area contributed by atoms with Gasteiger partial charge in [0.1, 0.15) is 5.82 Å². The number of hydrogen-bond donors (Lipinski definition) is 0. The van der Waals surface area contributed by atoms with Crippen LogP contribution in [0, 0.1) is 5.82 Å². The Morgan fingerprint density at radius 3 is 2.20 bits per heavy atom. The normalized spacial score (nSPS) is 15.8. The molecule has 0 spiro atoms. The summed E-state index contributed by atoms with van der Waals surface area (Å²) in [4.78, 5) is 0. The lowest BCUT2D eigenvalue weighted by atomic mass is 9.93. The number of likely N-dealkylation sites (N-methyl/N-ethyl adjacent to an activating group) is 1. The van der Waals surface area contributed by atoms with E-state index in [2.05, 4.69) is 6.92 Å². The third kappa shape index (κ3) is 3.63. The van der Waals surface area contributed by atoms with Crippen LogP contribution in [0.15, 0.2) is 65.8 Å². The average molecular weight is 404 g/mol. The molecule has 1 heterocycles. The number of halogens is 1. The molecule has 3 aromatic rings. The van der Waals surface area contributed by atoms with E-state index < -0.39 is 0 Å². The SMILES string of the molecule is COc1cc2c(cc1OC)C(c1ccc(-c3ccccc3F)cc1)=NN(C)C(C)C2. The zero-order chi connectivity index (χ0) is 21.3. The molecule has 30 heavy (non-hydrogen) atoms. The summed E-state index contributed by atoms with van der Waals surface area (Å²) in [5.41, 5.74) is 5.41. The van der Waals surface area contributed by atoms with Gasteiger partial charge < -0.3 is 9.47 Å². The van der Waals surface area contributed by atoms with Gasteiger partial charge in [-0.1, -0.05) is 42.5 Å². The largest absolute Gasteiger partial charge is 0.493 e. The van der Waals surface area contributed by atoms with Crippen molar-refractivity contribution in [3.63, 3.8) is 0 Å². The lowest BCUT2D eigenvalue weighted by Crippen LogP contribution is -2.25. The van der Waals surface area contributed by atoms with Crippen molar-refractivity contribution in [3.05, 3.63) is 83.2 Å². The van der Waals surface area contributed by atoms with Gasteiger partial charge in [0.05, 0.1) is 19.9 Å². The summed E-state index contributed by atoms with van der Waals surface area (Å²) in [6.45, 7) is 2.15. The van der Waals surface area contributed by atoms with E-state index in [0.29, 0.717) is 17.1 Å². The van der Waals surface area contributed by atoms with Crippen LogP contribution in [0.3, 0.4) is 0 Å².